The van der Waals surface area contributed by atoms with Crippen LogP contribution in [0.4, 0.5) is 10.9 Å². The van der Waals surface area contributed by atoms with E-state index in [9.17, 15) is 4.79 Å². The Balaban J connectivity index is 1.83. The Hall–Kier alpha value is -2.06. The van der Waals surface area contributed by atoms with Gasteiger partial charge in [0, 0.05) is 30.8 Å². The van der Waals surface area contributed by atoms with E-state index in [-0.39, 0.29) is 18.6 Å². The zero-order chi connectivity index (χ0) is 17.1. The standard InChI is InChI=1S/C16H21N5O2S/c1-10-7-13(20-16-18-11(2)9-24-16)19-15(17-10)12-5-4-6-21(12)14(22)8-23-3/h7,9,12H,4-6,8H2,1-3H3,(H,17,18,19,20)/t12-/m1/s1. The third-order valence-electron chi connectivity index (χ3n) is 3.86. The topological polar surface area (TPSA) is 80.2 Å². The average Bonchev–Trinajstić information content (AvgIpc) is 3.16. The number of likely N-dealkylation sites (tertiary alicyclic amines) is 1. The molecule has 1 N–H and O–H groups in total. The fraction of sp³-hybridized carbons (Fsp3) is 0.500. The van der Waals surface area contributed by atoms with Crippen molar-refractivity contribution in [1.82, 2.24) is 19.9 Å². The lowest BCUT2D eigenvalue weighted by atomic mass is 10.2. The summed E-state index contributed by atoms with van der Waals surface area (Å²) in [5, 5.41) is 6.01. The van der Waals surface area contributed by atoms with E-state index in [4.69, 9.17) is 4.74 Å². The van der Waals surface area contributed by atoms with Gasteiger partial charge in [0.1, 0.15) is 12.4 Å². The van der Waals surface area contributed by atoms with E-state index >= 15 is 0 Å². The molecule has 1 atom stereocenters. The third kappa shape index (κ3) is 3.70. The number of aromatic nitrogens is 3. The van der Waals surface area contributed by atoms with E-state index < -0.39 is 0 Å². The molecule has 0 bridgehead atoms. The highest BCUT2D eigenvalue weighted by molar-refractivity contribution is 7.13. The Morgan fingerprint density at radius 1 is 1.38 bits per heavy atom. The van der Waals surface area contributed by atoms with Crippen LogP contribution in [0.3, 0.4) is 0 Å². The monoisotopic (exact) mass is 347 g/mol. The summed E-state index contributed by atoms with van der Waals surface area (Å²) in [6.45, 7) is 4.69. The zero-order valence-electron chi connectivity index (χ0n) is 14.1. The van der Waals surface area contributed by atoms with Crippen LogP contribution in [0, 0.1) is 13.8 Å². The number of methoxy groups -OCH3 is 1. The Kier molecular flexibility index (Phi) is 5.06. The molecule has 1 amide bonds. The smallest absolute Gasteiger partial charge is 0.249 e. The molecule has 0 spiro atoms. The van der Waals surface area contributed by atoms with Crippen LogP contribution in [0.1, 0.15) is 36.1 Å². The number of nitrogens with one attached hydrogen (secondary N) is 1. The quantitative estimate of drug-likeness (QED) is 0.895. The normalized spacial score (nSPS) is 17.3. The van der Waals surface area contributed by atoms with Crippen LogP contribution in [0.5, 0.6) is 0 Å². The Morgan fingerprint density at radius 2 is 2.21 bits per heavy atom. The molecule has 2 aromatic rings. The van der Waals surface area contributed by atoms with Gasteiger partial charge in [0.2, 0.25) is 5.91 Å². The lowest BCUT2D eigenvalue weighted by Gasteiger charge is -2.23. The second kappa shape index (κ2) is 7.23. The molecule has 0 aliphatic carbocycles. The summed E-state index contributed by atoms with van der Waals surface area (Å²) in [5.74, 6) is 1.36. The van der Waals surface area contributed by atoms with Crippen molar-refractivity contribution in [3.63, 3.8) is 0 Å². The van der Waals surface area contributed by atoms with Gasteiger partial charge in [0.05, 0.1) is 11.7 Å². The van der Waals surface area contributed by atoms with Gasteiger partial charge >= 0.3 is 0 Å². The van der Waals surface area contributed by atoms with Gasteiger partial charge < -0.3 is 15.0 Å². The van der Waals surface area contributed by atoms with Gasteiger partial charge in [0.15, 0.2) is 11.0 Å². The molecule has 24 heavy (non-hydrogen) atoms. The van der Waals surface area contributed by atoms with Crippen molar-refractivity contribution < 1.29 is 9.53 Å². The van der Waals surface area contributed by atoms with Crippen LogP contribution in [0.25, 0.3) is 0 Å². The molecule has 3 rings (SSSR count). The largest absolute Gasteiger partial charge is 0.375 e. The van der Waals surface area contributed by atoms with E-state index in [1.54, 1.807) is 0 Å². The number of anilines is 2. The average molecular weight is 347 g/mol. The first-order valence-electron chi connectivity index (χ1n) is 7.90. The molecule has 2 aromatic heterocycles. The zero-order valence-corrected chi connectivity index (χ0v) is 14.9. The van der Waals surface area contributed by atoms with E-state index in [0.29, 0.717) is 11.6 Å². The predicted octanol–water partition coefficient (Wildman–Crippen LogP) is 2.60. The van der Waals surface area contributed by atoms with Crippen molar-refractivity contribution in [2.24, 2.45) is 0 Å². The summed E-state index contributed by atoms with van der Waals surface area (Å²) in [4.78, 5) is 27.6. The number of carbonyl (C=O) groups excluding carboxylic acids is 1. The summed E-state index contributed by atoms with van der Waals surface area (Å²) in [6, 6.07) is 1.79. The highest BCUT2D eigenvalue weighted by Crippen LogP contribution is 2.31. The molecule has 1 aliphatic heterocycles. The first kappa shape index (κ1) is 16.8. The fourth-order valence-electron chi connectivity index (χ4n) is 2.87. The summed E-state index contributed by atoms with van der Waals surface area (Å²) in [6.07, 6.45) is 1.82. The minimum Gasteiger partial charge on any atom is -0.375 e. The molecule has 8 heteroatoms. The number of carbonyl (C=O) groups is 1. The van der Waals surface area contributed by atoms with Gasteiger partial charge in [-0.1, -0.05) is 0 Å². The molecule has 0 saturated carbocycles. The number of nitrogens with zero attached hydrogens (tertiary/aromatic N) is 4. The molecule has 0 aromatic carbocycles. The van der Waals surface area contributed by atoms with Crippen molar-refractivity contribution >= 4 is 28.2 Å². The van der Waals surface area contributed by atoms with E-state index in [2.05, 4.69) is 20.3 Å². The maximum absolute atomic E-state index is 12.2. The number of rotatable bonds is 5. The van der Waals surface area contributed by atoms with Crippen molar-refractivity contribution in [3.8, 4) is 0 Å². The number of thiazole rings is 1. The molecule has 0 unspecified atom stereocenters. The van der Waals surface area contributed by atoms with Gasteiger partial charge in [-0.15, -0.1) is 11.3 Å². The number of hydrogen-bond donors (Lipinski definition) is 1. The van der Waals surface area contributed by atoms with Crippen LogP contribution in [-0.4, -0.2) is 46.0 Å². The van der Waals surface area contributed by atoms with Crippen molar-refractivity contribution in [2.75, 3.05) is 25.6 Å². The van der Waals surface area contributed by atoms with E-state index in [1.807, 2.05) is 30.2 Å². The van der Waals surface area contributed by atoms with Gasteiger partial charge in [-0.25, -0.2) is 15.0 Å². The molecular weight excluding hydrogens is 326 g/mol. The minimum atomic E-state index is -0.0915. The van der Waals surface area contributed by atoms with E-state index in [0.717, 1.165) is 35.9 Å². The summed E-state index contributed by atoms with van der Waals surface area (Å²) in [5.41, 5.74) is 1.84. The molecule has 0 radical (unpaired) electrons. The third-order valence-corrected chi connectivity index (χ3v) is 4.74. The van der Waals surface area contributed by atoms with Crippen LogP contribution < -0.4 is 5.32 Å². The van der Waals surface area contributed by atoms with E-state index in [1.165, 1.54) is 18.4 Å². The lowest BCUT2D eigenvalue weighted by molar-refractivity contribution is -0.136. The Morgan fingerprint density at radius 3 is 2.92 bits per heavy atom. The van der Waals surface area contributed by atoms with Crippen molar-refractivity contribution in [1.29, 1.82) is 0 Å². The van der Waals surface area contributed by atoms with Crippen LogP contribution in [0.15, 0.2) is 11.4 Å². The molecule has 128 valence electrons. The molecular formula is C16H21N5O2S. The summed E-state index contributed by atoms with van der Waals surface area (Å²) >= 11 is 1.54. The molecule has 1 saturated heterocycles. The molecule has 3 heterocycles. The second-order valence-corrected chi connectivity index (χ2v) is 6.71. The Labute approximate surface area is 145 Å². The van der Waals surface area contributed by atoms with Gasteiger partial charge in [-0.05, 0) is 26.7 Å². The van der Waals surface area contributed by atoms with Gasteiger partial charge in [0.25, 0.3) is 0 Å². The van der Waals surface area contributed by atoms with Crippen molar-refractivity contribution in [3.05, 3.63) is 28.7 Å². The number of amides is 1. The number of ether oxygens (including phenoxy) is 1. The number of aryl methyl sites for hydroxylation is 2. The van der Waals surface area contributed by atoms with Crippen molar-refractivity contribution in [2.45, 2.75) is 32.7 Å². The summed E-state index contributed by atoms with van der Waals surface area (Å²) < 4.78 is 4.98. The second-order valence-electron chi connectivity index (χ2n) is 5.85. The Bertz CT molecular complexity index is 733. The first-order chi connectivity index (χ1) is 11.6. The summed E-state index contributed by atoms with van der Waals surface area (Å²) in [7, 11) is 1.53. The van der Waals surface area contributed by atoms with Gasteiger partial charge in [-0.2, -0.15) is 0 Å². The van der Waals surface area contributed by atoms with Gasteiger partial charge in [-0.3, -0.25) is 4.79 Å². The molecule has 1 fully saturated rings. The molecule has 1 aliphatic rings. The maximum atomic E-state index is 12.2. The highest BCUT2D eigenvalue weighted by Gasteiger charge is 2.32. The number of hydrogen-bond acceptors (Lipinski definition) is 7. The predicted molar refractivity (Wildman–Crippen MR) is 92.5 cm³/mol. The van der Waals surface area contributed by atoms with Crippen LogP contribution >= 0.6 is 11.3 Å². The van der Waals surface area contributed by atoms with Crippen LogP contribution in [0.2, 0.25) is 0 Å². The SMILES string of the molecule is COCC(=O)N1CCC[C@@H]1c1nc(C)cc(Nc2nc(C)cs2)n1. The lowest BCUT2D eigenvalue weighted by Crippen LogP contribution is -2.34. The van der Waals surface area contributed by atoms with Crippen LogP contribution in [-0.2, 0) is 9.53 Å². The molecule has 7 nitrogen and oxygen atoms in total. The first-order valence-corrected chi connectivity index (χ1v) is 8.78. The minimum absolute atomic E-state index is 0.0184. The fourth-order valence-corrected chi connectivity index (χ4v) is 3.56. The maximum Gasteiger partial charge on any atom is 0.249 e. The highest BCUT2D eigenvalue weighted by atomic mass is 32.1.